The summed E-state index contributed by atoms with van der Waals surface area (Å²) in [4.78, 5) is 0. The Balaban J connectivity index is 5.59. The lowest BCUT2D eigenvalue weighted by molar-refractivity contribution is -0.468. The molecule has 0 saturated heterocycles. The molecule has 0 spiro atoms. The van der Waals surface area contributed by atoms with Crippen LogP contribution in [0, 0.1) is 5.92 Å². The molecule has 0 rings (SSSR count). The molecule has 0 aliphatic heterocycles. The van der Waals surface area contributed by atoms with Crippen LogP contribution in [0.5, 0.6) is 0 Å². The molecule has 35 heavy (non-hydrogen) atoms. The number of rotatable bonds is 20. The van der Waals surface area contributed by atoms with E-state index in [2.05, 4.69) is 76.2 Å². The minimum atomic E-state index is -1.04. The summed E-state index contributed by atoms with van der Waals surface area (Å²) in [6, 6.07) is 0. The van der Waals surface area contributed by atoms with E-state index in [1.54, 1.807) is 0 Å². The van der Waals surface area contributed by atoms with E-state index in [0.29, 0.717) is 0 Å². The Morgan fingerprint density at radius 3 is 0.914 bits per heavy atom. The third-order valence-corrected chi connectivity index (χ3v) is 6.16. The van der Waals surface area contributed by atoms with Crippen molar-refractivity contribution in [1.29, 1.82) is 0 Å². The molecule has 0 heterocycles. The average Bonchev–Trinajstić information content (AvgIpc) is 2.66. The summed E-state index contributed by atoms with van der Waals surface area (Å²) in [5, 5.41) is 0. The van der Waals surface area contributed by atoms with Crippen molar-refractivity contribution in [2.45, 2.75) is 202 Å². The quantitative estimate of drug-likeness (QED) is 0.123. The monoisotopic (exact) mass is 499 g/mol. The van der Waals surface area contributed by atoms with Crippen LogP contribution in [0.4, 0.5) is 0 Å². The molecule has 0 radical (unpaired) electrons. The topological polar surface area (TPSA) is 27.7 Å². The van der Waals surface area contributed by atoms with Gasteiger partial charge in [0.05, 0.1) is 16.8 Å². The van der Waals surface area contributed by atoms with E-state index in [1.165, 1.54) is 89.9 Å². The first-order valence-electron chi connectivity index (χ1n) is 15.2. The van der Waals surface area contributed by atoms with Crippen molar-refractivity contribution in [3.05, 3.63) is 0 Å². The molecule has 1 atom stereocenters. The Labute approximate surface area is 221 Å². The van der Waals surface area contributed by atoms with Crippen molar-refractivity contribution in [3.63, 3.8) is 0 Å². The van der Waals surface area contributed by atoms with Crippen LogP contribution in [0.1, 0.15) is 179 Å². The molecule has 1 unspecified atom stereocenters. The molecule has 3 heteroatoms. The van der Waals surface area contributed by atoms with Gasteiger partial charge in [-0.2, -0.15) is 0 Å². The summed E-state index contributed by atoms with van der Waals surface area (Å²) < 4.78 is 20.4. The highest BCUT2D eigenvalue weighted by Gasteiger charge is 2.49. The van der Waals surface area contributed by atoms with Crippen molar-refractivity contribution in [1.82, 2.24) is 0 Å². The Morgan fingerprint density at radius 2 is 0.657 bits per heavy atom. The lowest BCUT2D eigenvalue weighted by atomic mass is 9.90. The first-order chi connectivity index (χ1) is 16.1. The van der Waals surface area contributed by atoms with Crippen LogP contribution in [0.25, 0.3) is 0 Å². The number of hydrogen-bond acceptors (Lipinski definition) is 3. The summed E-state index contributed by atoms with van der Waals surface area (Å²) in [5.41, 5.74) is -1.10. The number of ether oxygens (including phenoxy) is 3. The largest absolute Gasteiger partial charge is 0.321 e. The molecule has 0 aromatic carbocycles. The van der Waals surface area contributed by atoms with Crippen LogP contribution in [0.3, 0.4) is 0 Å². The number of unbranched alkanes of at least 4 members (excludes halogenated alkanes) is 12. The normalized spacial score (nSPS) is 14.5. The fourth-order valence-electron chi connectivity index (χ4n) is 4.79. The maximum absolute atomic E-state index is 6.81. The van der Waals surface area contributed by atoms with Gasteiger partial charge < -0.3 is 14.2 Å². The summed E-state index contributed by atoms with van der Waals surface area (Å²) in [6.45, 7) is 23.7. The van der Waals surface area contributed by atoms with Gasteiger partial charge in [-0.1, -0.05) is 104 Å². The van der Waals surface area contributed by atoms with E-state index >= 15 is 0 Å². The smallest absolute Gasteiger partial charge is 0.287 e. The van der Waals surface area contributed by atoms with Crippen molar-refractivity contribution >= 4 is 0 Å². The van der Waals surface area contributed by atoms with Crippen LogP contribution in [0.2, 0.25) is 0 Å². The Morgan fingerprint density at radius 1 is 0.400 bits per heavy atom. The molecule has 3 nitrogen and oxygen atoms in total. The van der Waals surface area contributed by atoms with Crippen molar-refractivity contribution < 1.29 is 14.2 Å². The molecule has 0 aromatic heterocycles. The first kappa shape index (κ1) is 34.9. The maximum atomic E-state index is 6.81. The van der Waals surface area contributed by atoms with Gasteiger partial charge in [-0.15, -0.1) is 0 Å². The zero-order valence-corrected chi connectivity index (χ0v) is 26.1. The number of hydrogen-bond donors (Lipinski definition) is 0. The minimum absolute atomic E-state index is 0.214. The third kappa shape index (κ3) is 19.6. The fourth-order valence-corrected chi connectivity index (χ4v) is 4.79. The molecule has 0 N–H and O–H groups in total. The van der Waals surface area contributed by atoms with Gasteiger partial charge in [0.25, 0.3) is 5.97 Å². The molecule has 0 aromatic rings. The highest BCUT2D eigenvalue weighted by Crippen LogP contribution is 2.42. The second-order valence-corrected chi connectivity index (χ2v) is 13.8. The summed E-state index contributed by atoms with van der Waals surface area (Å²) in [5.74, 6) is -0.828. The molecule has 0 amide bonds. The molecule has 0 aliphatic rings. The van der Waals surface area contributed by atoms with Crippen LogP contribution in [-0.4, -0.2) is 22.8 Å². The average molecular weight is 499 g/mol. The predicted molar refractivity (Wildman–Crippen MR) is 154 cm³/mol. The van der Waals surface area contributed by atoms with Gasteiger partial charge in [0.2, 0.25) is 0 Å². The minimum Gasteiger partial charge on any atom is -0.321 e. The van der Waals surface area contributed by atoms with Gasteiger partial charge in [0.1, 0.15) is 0 Å². The lowest BCUT2D eigenvalue weighted by Gasteiger charge is -2.49. The van der Waals surface area contributed by atoms with Crippen LogP contribution in [-0.2, 0) is 14.2 Å². The Bertz CT molecular complexity index is 452. The second kappa shape index (κ2) is 17.4. The Hall–Kier alpha value is -0.120. The fraction of sp³-hybridized carbons (Fsp3) is 1.00. The standard InChI is InChI=1S/C32H66O3/c1-12-14-16-18-20-21-23-25-27-28(26-24-22-19-17-15-13-2)32(33-29(3,4)5,34-30(6,7)8)35-31(9,10)11/h28H,12-27H2,1-11H3. The van der Waals surface area contributed by atoms with Gasteiger partial charge in [-0.05, 0) is 75.2 Å². The third-order valence-electron chi connectivity index (χ3n) is 6.16. The highest BCUT2D eigenvalue weighted by atomic mass is 16.9. The molecule has 0 fully saturated rings. The summed E-state index contributed by atoms with van der Waals surface area (Å²) >= 11 is 0. The predicted octanol–water partition coefficient (Wildman–Crippen LogP) is 11.0. The Kier molecular flexibility index (Phi) is 17.3. The summed E-state index contributed by atoms with van der Waals surface area (Å²) in [6.07, 6.45) is 20.6. The molecular formula is C32H66O3. The van der Waals surface area contributed by atoms with E-state index in [4.69, 9.17) is 14.2 Å². The molecule has 0 aliphatic carbocycles. The molecular weight excluding hydrogens is 432 g/mol. The first-order valence-corrected chi connectivity index (χ1v) is 15.2. The molecule has 0 saturated carbocycles. The van der Waals surface area contributed by atoms with Gasteiger partial charge in [0, 0.05) is 5.92 Å². The van der Waals surface area contributed by atoms with Gasteiger partial charge in [-0.25, -0.2) is 0 Å². The van der Waals surface area contributed by atoms with E-state index in [-0.39, 0.29) is 22.7 Å². The van der Waals surface area contributed by atoms with Crippen molar-refractivity contribution in [2.24, 2.45) is 5.92 Å². The zero-order valence-electron chi connectivity index (χ0n) is 26.1. The van der Waals surface area contributed by atoms with Gasteiger partial charge in [-0.3, -0.25) is 0 Å². The van der Waals surface area contributed by atoms with E-state index in [0.717, 1.165) is 12.8 Å². The second-order valence-electron chi connectivity index (χ2n) is 13.8. The zero-order chi connectivity index (χ0) is 27.0. The van der Waals surface area contributed by atoms with Crippen LogP contribution >= 0.6 is 0 Å². The SMILES string of the molecule is CCCCCCCCCCC(CCCCCCCC)C(OC(C)(C)C)(OC(C)(C)C)OC(C)(C)C. The van der Waals surface area contributed by atoms with Crippen molar-refractivity contribution in [3.8, 4) is 0 Å². The lowest BCUT2D eigenvalue weighted by Crippen LogP contribution is -2.56. The van der Waals surface area contributed by atoms with Gasteiger partial charge in [0.15, 0.2) is 0 Å². The maximum Gasteiger partial charge on any atom is 0.287 e. The highest BCUT2D eigenvalue weighted by molar-refractivity contribution is 4.82. The van der Waals surface area contributed by atoms with E-state index < -0.39 is 5.97 Å². The van der Waals surface area contributed by atoms with E-state index in [1.807, 2.05) is 0 Å². The molecule has 212 valence electrons. The van der Waals surface area contributed by atoms with Crippen LogP contribution in [0.15, 0.2) is 0 Å². The van der Waals surface area contributed by atoms with E-state index in [9.17, 15) is 0 Å². The molecule has 0 bridgehead atoms. The van der Waals surface area contributed by atoms with Crippen molar-refractivity contribution in [2.75, 3.05) is 0 Å². The van der Waals surface area contributed by atoms with Gasteiger partial charge >= 0.3 is 0 Å². The summed E-state index contributed by atoms with van der Waals surface area (Å²) in [7, 11) is 0. The van der Waals surface area contributed by atoms with Crippen LogP contribution < -0.4 is 0 Å².